The minimum atomic E-state index is -1.87. The Bertz CT molecular complexity index is 687. The highest BCUT2D eigenvalue weighted by Gasteiger charge is 2.47. The maximum atomic E-state index is 13.1. The van der Waals surface area contributed by atoms with Crippen LogP contribution in [-0.4, -0.2) is 50.0 Å². The van der Waals surface area contributed by atoms with Gasteiger partial charge in [0.2, 0.25) is 5.91 Å². The van der Waals surface area contributed by atoms with E-state index in [1.54, 1.807) is 4.90 Å². The van der Waals surface area contributed by atoms with E-state index in [0.29, 0.717) is 13.0 Å². The fourth-order valence-corrected chi connectivity index (χ4v) is 7.49. The summed E-state index contributed by atoms with van der Waals surface area (Å²) in [5, 5.41) is 3.03. The van der Waals surface area contributed by atoms with E-state index < -0.39 is 20.5 Å². The molecule has 2 aliphatic heterocycles. The zero-order chi connectivity index (χ0) is 20.9. The third-order valence-corrected chi connectivity index (χ3v) is 11.3. The van der Waals surface area contributed by atoms with Crippen molar-refractivity contribution in [1.82, 2.24) is 10.2 Å². The number of carbonyl (C=O) groups is 2. The molecule has 6 nitrogen and oxygen atoms in total. The number of nitrogens with zero attached hydrogens (tertiary/aromatic N) is 1. The molecule has 0 saturated carbocycles. The van der Waals surface area contributed by atoms with Crippen LogP contribution in [0.2, 0.25) is 18.1 Å². The summed E-state index contributed by atoms with van der Waals surface area (Å²) in [4.78, 5) is 27.5. The summed E-state index contributed by atoms with van der Waals surface area (Å²) in [6.45, 7) is 7.27. The van der Waals surface area contributed by atoms with Crippen molar-refractivity contribution in [3.63, 3.8) is 0 Å². The molecule has 3 unspecified atom stereocenters. The standard InChI is InChI=1S/C22H34N2O4Si/c1-4-29(5-2,6-3)28-20-15-23-21(25)19-14-10-13-18(20)24(19)22(26)27-16-17-11-8-7-9-12-17/h7-9,11-12,18-20H,4-6,10,13-16H2,1-3H3,(H,23,25). The summed E-state index contributed by atoms with van der Waals surface area (Å²) in [6.07, 6.45) is 1.86. The molecule has 160 valence electrons. The maximum Gasteiger partial charge on any atom is 0.411 e. The Hall–Kier alpha value is -1.86. The van der Waals surface area contributed by atoms with Crippen molar-refractivity contribution < 1.29 is 18.8 Å². The van der Waals surface area contributed by atoms with Gasteiger partial charge in [-0.1, -0.05) is 51.1 Å². The number of rotatable bonds is 7. The lowest BCUT2D eigenvalue weighted by molar-refractivity contribution is -0.126. The monoisotopic (exact) mass is 418 g/mol. The van der Waals surface area contributed by atoms with Gasteiger partial charge in [-0.3, -0.25) is 9.69 Å². The lowest BCUT2D eigenvalue weighted by Gasteiger charge is -2.43. The second-order valence-electron chi connectivity index (χ2n) is 8.11. The zero-order valence-corrected chi connectivity index (χ0v) is 18.9. The van der Waals surface area contributed by atoms with Crippen molar-refractivity contribution in [2.45, 2.75) is 83.0 Å². The van der Waals surface area contributed by atoms with Crippen LogP contribution >= 0.6 is 0 Å². The molecule has 1 aromatic rings. The van der Waals surface area contributed by atoms with Gasteiger partial charge in [0.05, 0.1) is 12.1 Å². The average molecular weight is 419 g/mol. The second-order valence-corrected chi connectivity index (χ2v) is 12.8. The lowest BCUT2D eigenvalue weighted by atomic mass is 9.93. The van der Waals surface area contributed by atoms with Crippen LogP contribution in [0.1, 0.15) is 45.6 Å². The molecule has 3 atom stereocenters. The van der Waals surface area contributed by atoms with Crippen LogP contribution in [0.5, 0.6) is 0 Å². The van der Waals surface area contributed by atoms with Gasteiger partial charge >= 0.3 is 6.09 Å². The highest BCUT2D eigenvalue weighted by atomic mass is 28.4. The van der Waals surface area contributed by atoms with Crippen molar-refractivity contribution in [2.24, 2.45) is 0 Å². The number of benzene rings is 1. The summed E-state index contributed by atoms with van der Waals surface area (Å²) in [5.74, 6) is -0.0887. The number of carbonyl (C=O) groups excluding carboxylic acids is 2. The molecule has 0 spiro atoms. The van der Waals surface area contributed by atoms with E-state index in [1.807, 2.05) is 30.3 Å². The Balaban J connectivity index is 1.79. The molecule has 2 heterocycles. The van der Waals surface area contributed by atoms with Crippen LogP contribution in [-0.2, 0) is 20.6 Å². The van der Waals surface area contributed by atoms with Crippen molar-refractivity contribution in [1.29, 1.82) is 0 Å². The van der Waals surface area contributed by atoms with Gasteiger partial charge in [0.1, 0.15) is 12.6 Å². The molecule has 0 radical (unpaired) electrons. The summed E-state index contributed by atoms with van der Waals surface area (Å²) in [5.41, 5.74) is 0.937. The minimum absolute atomic E-state index is 0.0887. The first-order valence-electron chi connectivity index (χ1n) is 11.0. The highest BCUT2D eigenvalue weighted by Crippen LogP contribution is 2.33. The van der Waals surface area contributed by atoms with Crippen molar-refractivity contribution in [3.8, 4) is 0 Å². The summed E-state index contributed by atoms with van der Waals surface area (Å²) < 4.78 is 12.4. The van der Waals surface area contributed by atoms with Crippen LogP contribution in [0.15, 0.2) is 30.3 Å². The fourth-order valence-electron chi connectivity index (χ4n) is 4.60. The Kier molecular flexibility index (Phi) is 7.35. The molecule has 3 rings (SSSR count). The molecule has 0 aliphatic carbocycles. The summed E-state index contributed by atoms with van der Waals surface area (Å²) >= 11 is 0. The molecule has 1 N–H and O–H groups in total. The number of amides is 2. The third kappa shape index (κ3) is 4.83. The van der Waals surface area contributed by atoms with Crippen LogP contribution in [0.3, 0.4) is 0 Å². The third-order valence-electron chi connectivity index (χ3n) is 6.63. The summed E-state index contributed by atoms with van der Waals surface area (Å²) in [6, 6.07) is 12.2. The molecule has 1 aromatic carbocycles. The Morgan fingerprint density at radius 1 is 1.14 bits per heavy atom. The first-order valence-corrected chi connectivity index (χ1v) is 13.5. The van der Waals surface area contributed by atoms with Gasteiger partial charge in [0, 0.05) is 6.54 Å². The molecule has 2 bridgehead atoms. The van der Waals surface area contributed by atoms with Crippen molar-refractivity contribution >= 4 is 20.3 Å². The van der Waals surface area contributed by atoms with E-state index in [-0.39, 0.29) is 24.7 Å². The number of hydrogen-bond acceptors (Lipinski definition) is 4. The van der Waals surface area contributed by atoms with Crippen LogP contribution < -0.4 is 5.32 Å². The Morgan fingerprint density at radius 2 is 1.83 bits per heavy atom. The smallest absolute Gasteiger partial charge is 0.411 e. The van der Waals surface area contributed by atoms with Gasteiger partial charge in [-0.05, 0) is 43.0 Å². The number of piperidine rings is 1. The highest BCUT2D eigenvalue weighted by molar-refractivity contribution is 6.73. The van der Waals surface area contributed by atoms with E-state index in [4.69, 9.17) is 9.16 Å². The molecule has 7 heteroatoms. The van der Waals surface area contributed by atoms with Gasteiger partial charge in [0.15, 0.2) is 8.32 Å². The summed E-state index contributed by atoms with van der Waals surface area (Å²) in [7, 11) is -1.87. The number of hydrogen-bond donors (Lipinski definition) is 1. The molecule has 0 aromatic heterocycles. The van der Waals surface area contributed by atoms with Gasteiger partial charge in [-0.2, -0.15) is 0 Å². The first kappa shape index (κ1) is 21.8. The predicted molar refractivity (Wildman–Crippen MR) is 115 cm³/mol. The fraction of sp³-hybridized carbons (Fsp3) is 0.636. The number of fused-ring (bicyclic) bond motifs is 2. The molecule has 2 fully saturated rings. The minimum Gasteiger partial charge on any atom is -0.445 e. The van der Waals surface area contributed by atoms with Gasteiger partial charge < -0.3 is 14.5 Å². The maximum absolute atomic E-state index is 13.1. The average Bonchev–Trinajstić information content (AvgIpc) is 2.84. The number of ether oxygens (including phenoxy) is 1. The van der Waals surface area contributed by atoms with Gasteiger partial charge in [-0.15, -0.1) is 0 Å². The van der Waals surface area contributed by atoms with Crippen LogP contribution in [0, 0.1) is 0 Å². The molecular weight excluding hydrogens is 384 g/mol. The topological polar surface area (TPSA) is 67.9 Å². The van der Waals surface area contributed by atoms with E-state index in [9.17, 15) is 9.59 Å². The largest absolute Gasteiger partial charge is 0.445 e. The normalized spacial score (nSPS) is 24.6. The van der Waals surface area contributed by atoms with E-state index in [0.717, 1.165) is 36.5 Å². The van der Waals surface area contributed by atoms with Crippen LogP contribution in [0.4, 0.5) is 4.79 Å². The molecule has 2 aliphatic rings. The quantitative estimate of drug-likeness (QED) is 0.678. The first-order chi connectivity index (χ1) is 14.0. The van der Waals surface area contributed by atoms with E-state index in [1.165, 1.54) is 0 Å². The van der Waals surface area contributed by atoms with Crippen LogP contribution in [0.25, 0.3) is 0 Å². The van der Waals surface area contributed by atoms with Gasteiger partial charge in [0.25, 0.3) is 0 Å². The number of nitrogens with one attached hydrogen (secondary N) is 1. The predicted octanol–water partition coefficient (Wildman–Crippen LogP) is 4.07. The Labute approximate surface area is 175 Å². The van der Waals surface area contributed by atoms with E-state index >= 15 is 0 Å². The lowest BCUT2D eigenvalue weighted by Crippen LogP contribution is -2.57. The second kappa shape index (κ2) is 9.76. The molecule has 2 amide bonds. The van der Waals surface area contributed by atoms with Gasteiger partial charge in [-0.25, -0.2) is 4.79 Å². The van der Waals surface area contributed by atoms with Crippen molar-refractivity contribution in [2.75, 3.05) is 6.54 Å². The Morgan fingerprint density at radius 3 is 2.48 bits per heavy atom. The van der Waals surface area contributed by atoms with Crippen molar-refractivity contribution in [3.05, 3.63) is 35.9 Å². The molecular formula is C22H34N2O4Si. The zero-order valence-electron chi connectivity index (χ0n) is 17.9. The molecule has 2 saturated heterocycles. The molecule has 29 heavy (non-hydrogen) atoms. The SMILES string of the molecule is CC[Si](CC)(CC)OC1CNC(=O)C2CCCC1N2C(=O)OCc1ccccc1. The van der Waals surface area contributed by atoms with E-state index in [2.05, 4.69) is 26.1 Å².